The third-order valence-electron chi connectivity index (χ3n) is 6.94. The van der Waals surface area contributed by atoms with E-state index in [9.17, 15) is 19.8 Å². The number of aryl methyl sites for hydroxylation is 1. The number of rotatable bonds is 8. The Morgan fingerprint density at radius 1 is 1.03 bits per heavy atom. The molecule has 1 saturated heterocycles. The van der Waals surface area contributed by atoms with Crippen LogP contribution in [0.15, 0.2) is 72.1 Å². The standard InChI is InChI=1S/C28H32N4O4S/c1-20-16-21(19-37-20)17-31(22-12-13-22)27(35)29-14-15-30(25(18-29)26(33)34)28(36)32(23-8-4-2-5-9-23)24-10-6-3-7-11-24/h2-11,16,19,22,25,28,36H,12-15,17-18H2,1H3,(H,33,34)/t25-,28?/m0/s1. The van der Waals surface area contributed by atoms with Crippen LogP contribution in [-0.2, 0) is 11.3 Å². The Morgan fingerprint density at radius 3 is 2.16 bits per heavy atom. The molecule has 0 radical (unpaired) electrons. The number of nitrogens with zero attached hydrogens (tertiary/aromatic N) is 4. The van der Waals surface area contributed by atoms with E-state index in [0.29, 0.717) is 13.1 Å². The number of aliphatic carboxylic acids is 1. The summed E-state index contributed by atoms with van der Waals surface area (Å²) in [5.41, 5.74) is 2.59. The number of carbonyl (C=O) groups excluding carboxylic acids is 1. The molecule has 2 N–H and O–H groups in total. The van der Waals surface area contributed by atoms with Crippen molar-refractivity contribution in [2.45, 2.75) is 44.7 Å². The van der Waals surface area contributed by atoms with Gasteiger partial charge in [-0.3, -0.25) is 4.79 Å². The van der Waals surface area contributed by atoms with E-state index in [0.717, 1.165) is 29.8 Å². The molecule has 1 unspecified atom stereocenters. The number of amides is 2. The molecule has 1 aliphatic carbocycles. The lowest BCUT2D eigenvalue weighted by molar-refractivity contribution is -0.152. The summed E-state index contributed by atoms with van der Waals surface area (Å²) in [5, 5.41) is 23.8. The summed E-state index contributed by atoms with van der Waals surface area (Å²) in [7, 11) is 0. The van der Waals surface area contributed by atoms with Crippen molar-refractivity contribution in [2.24, 2.45) is 0 Å². The van der Waals surface area contributed by atoms with Crippen LogP contribution in [-0.4, -0.2) is 75.0 Å². The topological polar surface area (TPSA) is 87.6 Å². The van der Waals surface area contributed by atoms with E-state index in [2.05, 4.69) is 11.4 Å². The minimum atomic E-state index is -1.23. The molecule has 2 heterocycles. The summed E-state index contributed by atoms with van der Waals surface area (Å²) in [6.45, 7) is 3.16. The SMILES string of the molecule is Cc1cc(CN(C(=O)N2CCN(C(O)N(c3ccccc3)c3ccccc3)[C@H](C(=O)O)C2)C2CC2)cs1. The predicted molar refractivity (Wildman–Crippen MR) is 144 cm³/mol. The van der Waals surface area contributed by atoms with Gasteiger partial charge in [0, 0.05) is 48.5 Å². The van der Waals surface area contributed by atoms with Crippen molar-refractivity contribution in [3.8, 4) is 0 Å². The van der Waals surface area contributed by atoms with Gasteiger partial charge >= 0.3 is 12.0 Å². The molecule has 2 amide bonds. The molecule has 2 fully saturated rings. The summed E-state index contributed by atoms with van der Waals surface area (Å²) in [6.07, 6.45) is 0.717. The van der Waals surface area contributed by atoms with Crippen molar-refractivity contribution in [3.05, 3.63) is 82.6 Å². The van der Waals surface area contributed by atoms with Crippen LogP contribution in [0.4, 0.5) is 16.2 Å². The average molecular weight is 521 g/mol. The van der Waals surface area contributed by atoms with E-state index in [4.69, 9.17) is 0 Å². The van der Waals surface area contributed by atoms with Crippen molar-refractivity contribution in [1.82, 2.24) is 14.7 Å². The number of para-hydroxylation sites is 2. The van der Waals surface area contributed by atoms with E-state index >= 15 is 0 Å². The Labute approximate surface area is 221 Å². The van der Waals surface area contributed by atoms with Gasteiger partial charge in [-0.1, -0.05) is 36.4 Å². The van der Waals surface area contributed by atoms with E-state index < -0.39 is 18.4 Å². The van der Waals surface area contributed by atoms with E-state index in [1.807, 2.05) is 72.5 Å². The largest absolute Gasteiger partial charge is 0.480 e. The Morgan fingerprint density at radius 2 is 1.65 bits per heavy atom. The highest BCUT2D eigenvalue weighted by Crippen LogP contribution is 2.32. The van der Waals surface area contributed by atoms with Gasteiger partial charge in [-0.2, -0.15) is 0 Å². The molecule has 0 bridgehead atoms. The highest BCUT2D eigenvalue weighted by atomic mass is 32.1. The fourth-order valence-corrected chi connectivity index (χ4v) is 5.61. The van der Waals surface area contributed by atoms with Crippen LogP contribution in [0.1, 0.15) is 23.3 Å². The Hall–Kier alpha value is -3.40. The number of aliphatic hydroxyl groups is 1. The van der Waals surface area contributed by atoms with Gasteiger partial charge < -0.3 is 24.9 Å². The van der Waals surface area contributed by atoms with Gasteiger partial charge in [-0.15, -0.1) is 11.3 Å². The molecule has 2 aromatic carbocycles. The van der Waals surface area contributed by atoms with Crippen molar-refractivity contribution >= 4 is 34.7 Å². The highest BCUT2D eigenvalue weighted by Gasteiger charge is 2.42. The van der Waals surface area contributed by atoms with Crippen LogP contribution in [0.3, 0.4) is 0 Å². The van der Waals surface area contributed by atoms with Crippen LogP contribution in [0.25, 0.3) is 0 Å². The Bertz CT molecular complexity index is 1180. The monoisotopic (exact) mass is 520 g/mol. The smallest absolute Gasteiger partial charge is 0.322 e. The van der Waals surface area contributed by atoms with Gasteiger partial charge in [0.15, 0.2) is 6.35 Å². The quantitative estimate of drug-likeness (QED) is 0.430. The number of anilines is 2. The van der Waals surface area contributed by atoms with Gasteiger partial charge in [-0.25, -0.2) is 9.69 Å². The molecular formula is C28H32N4O4S. The molecule has 2 atom stereocenters. The Balaban J connectivity index is 1.36. The number of piperazine rings is 1. The zero-order valence-corrected chi connectivity index (χ0v) is 21.6. The second-order valence-corrected chi connectivity index (χ2v) is 10.7. The first kappa shape index (κ1) is 25.3. The number of urea groups is 1. The van der Waals surface area contributed by atoms with Gasteiger partial charge in [0.1, 0.15) is 6.04 Å². The van der Waals surface area contributed by atoms with Crippen LogP contribution in [0.2, 0.25) is 0 Å². The number of hydrogen-bond donors (Lipinski definition) is 2. The molecule has 1 aliphatic heterocycles. The van der Waals surface area contributed by atoms with Crippen LogP contribution < -0.4 is 4.90 Å². The lowest BCUT2D eigenvalue weighted by Crippen LogP contribution is -2.64. The number of hydrogen-bond acceptors (Lipinski definition) is 6. The highest BCUT2D eigenvalue weighted by molar-refractivity contribution is 7.10. The lowest BCUT2D eigenvalue weighted by atomic mass is 10.1. The Kier molecular flexibility index (Phi) is 7.45. The molecule has 9 heteroatoms. The second-order valence-electron chi connectivity index (χ2n) is 9.63. The summed E-state index contributed by atoms with van der Waals surface area (Å²) in [4.78, 5) is 34.0. The number of carboxylic acid groups (broad SMARTS) is 1. The molecular weight excluding hydrogens is 488 g/mol. The van der Waals surface area contributed by atoms with Gasteiger partial charge in [0.25, 0.3) is 0 Å². The molecule has 37 heavy (non-hydrogen) atoms. The normalized spacial score (nSPS) is 18.9. The molecule has 8 nitrogen and oxygen atoms in total. The fourth-order valence-electron chi connectivity index (χ4n) is 4.91. The minimum absolute atomic E-state index is 0.00846. The molecule has 0 spiro atoms. The zero-order chi connectivity index (χ0) is 25.9. The summed E-state index contributed by atoms with van der Waals surface area (Å²) in [5.74, 6) is -1.07. The van der Waals surface area contributed by atoms with E-state index in [1.165, 1.54) is 4.88 Å². The molecule has 2 aliphatic rings. The summed E-state index contributed by atoms with van der Waals surface area (Å²) in [6, 6.07) is 20.0. The maximum Gasteiger partial charge on any atom is 0.322 e. The van der Waals surface area contributed by atoms with Gasteiger partial charge in [-0.05, 0) is 61.0 Å². The molecule has 3 aromatic rings. The molecule has 1 aromatic heterocycles. The van der Waals surface area contributed by atoms with Crippen LogP contribution >= 0.6 is 11.3 Å². The van der Waals surface area contributed by atoms with Gasteiger partial charge in [0.2, 0.25) is 0 Å². The first-order chi connectivity index (χ1) is 17.9. The van der Waals surface area contributed by atoms with E-state index in [-0.39, 0.29) is 25.2 Å². The van der Waals surface area contributed by atoms with Crippen molar-refractivity contribution < 1.29 is 19.8 Å². The average Bonchev–Trinajstić information content (AvgIpc) is 3.68. The lowest BCUT2D eigenvalue weighted by Gasteiger charge is -2.45. The number of benzene rings is 2. The van der Waals surface area contributed by atoms with Crippen molar-refractivity contribution in [1.29, 1.82) is 0 Å². The maximum absolute atomic E-state index is 13.6. The van der Waals surface area contributed by atoms with E-state index in [1.54, 1.807) is 26.0 Å². The first-order valence-corrected chi connectivity index (χ1v) is 13.5. The summed E-state index contributed by atoms with van der Waals surface area (Å²) < 4.78 is 0. The van der Waals surface area contributed by atoms with Crippen molar-refractivity contribution in [2.75, 3.05) is 24.5 Å². The van der Waals surface area contributed by atoms with Crippen molar-refractivity contribution in [3.63, 3.8) is 0 Å². The molecule has 1 saturated carbocycles. The third-order valence-corrected chi connectivity index (χ3v) is 7.86. The summed E-state index contributed by atoms with van der Waals surface area (Å²) >= 11 is 1.66. The fraction of sp³-hybridized carbons (Fsp3) is 0.357. The number of thiophene rings is 1. The first-order valence-electron chi connectivity index (χ1n) is 12.6. The third kappa shape index (κ3) is 5.64. The van der Waals surface area contributed by atoms with Crippen LogP contribution in [0, 0.1) is 6.92 Å². The number of carboxylic acids is 1. The number of aliphatic hydroxyl groups excluding tert-OH is 1. The molecule has 194 valence electrons. The second kappa shape index (κ2) is 10.9. The maximum atomic E-state index is 13.6. The van der Waals surface area contributed by atoms with Gasteiger partial charge in [0.05, 0.1) is 0 Å². The minimum Gasteiger partial charge on any atom is -0.480 e. The predicted octanol–water partition coefficient (Wildman–Crippen LogP) is 4.33. The zero-order valence-electron chi connectivity index (χ0n) is 20.8. The number of carbonyl (C=O) groups is 2. The van der Waals surface area contributed by atoms with Crippen LogP contribution in [0.5, 0.6) is 0 Å². The molecule has 5 rings (SSSR count).